The van der Waals surface area contributed by atoms with Crippen molar-refractivity contribution in [1.82, 2.24) is 0 Å². The molecule has 0 N–H and O–H groups in total. The molecule has 1 aromatic rings. The summed E-state index contributed by atoms with van der Waals surface area (Å²) in [6, 6.07) is 10.6. The summed E-state index contributed by atoms with van der Waals surface area (Å²) in [6.45, 7) is 4.49. The molecule has 1 rings (SSSR count). The Hall–Kier alpha value is -0.250. The molecule has 0 bridgehead atoms. The Morgan fingerprint density at radius 3 is 2.07 bits per heavy atom. The molecular formula is C12H18IN. The standard InChI is InChI=1S/C12H18IN/c1-4-12(13,5-2)14(3)11-9-7-6-8-10-11/h6-10H,4-5H2,1-3H3. The molecule has 1 aromatic carbocycles. The fourth-order valence-corrected chi connectivity index (χ4v) is 1.89. The lowest BCUT2D eigenvalue weighted by Crippen LogP contribution is -2.39. The van der Waals surface area contributed by atoms with Gasteiger partial charge in [-0.2, -0.15) is 0 Å². The van der Waals surface area contributed by atoms with E-state index in [0.717, 1.165) is 12.8 Å². The predicted molar refractivity (Wildman–Crippen MR) is 72.2 cm³/mol. The quantitative estimate of drug-likeness (QED) is 0.460. The molecule has 78 valence electrons. The van der Waals surface area contributed by atoms with E-state index >= 15 is 0 Å². The van der Waals surface area contributed by atoms with Crippen molar-refractivity contribution < 1.29 is 0 Å². The number of hydrogen-bond acceptors (Lipinski definition) is 1. The van der Waals surface area contributed by atoms with Crippen molar-refractivity contribution in [3.05, 3.63) is 30.3 Å². The summed E-state index contributed by atoms with van der Waals surface area (Å²) >= 11 is 2.56. The van der Waals surface area contributed by atoms with Gasteiger partial charge in [-0.25, -0.2) is 0 Å². The molecule has 0 saturated carbocycles. The van der Waals surface area contributed by atoms with Crippen molar-refractivity contribution in [2.24, 2.45) is 0 Å². The molecule has 0 atom stereocenters. The summed E-state index contributed by atoms with van der Waals surface area (Å²) in [4.78, 5) is 2.37. The van der Waals surface area contributed by atoms with E-state index < -0.39 is 0 Å². The van der Waals surface area contributed by atoms with E-state index in [1.54, 1.807) is 0 Å². The number of para-hydroxylation sites is 1. The maximum atomic E-state index is 2.56. The third-order valence-electron chi connectivity index (χ3n) is 2.83. The molecular weight excluding hydrogens is 285 g/mol. The Kier molecular flexibility index (Phi) is 4.23. The number of benzene rings is 1. The van der Waals surface area contributed by atoms with Gasteiger partial charge in [-0.15, -0.1) is 0 Å². The van der Waals surface area contributed by atoms with Crippen molar-refractivity contribution >= 4 is 28.3 Å². The molecule has 0 aromatic heterocycles. The first-order chi connectivity index (χ1) is 6.64. The second-order valence-corrected chi connectivity index (χ2v) is 5.53. The van der Waals surface area contributed by atoms with Crippen LogP contribution in [0.25, 0.3) is 0 Å². The van der Waals surface area contributed by atoms with Gasteiger partial charge < -0.3 is 4.90 Å². The number of halogens is 1. The Morgan fingerprint density at radius 2 is 1.64 bits per heavy atom. The molecule has 0 spiro atoms. The molecule has 0 saturated heterocycles. The van der Waals surface area contributed by atoms with Crippen LogP contribution >= 0.6 is 22.6 Å². The lowest BCUT2D eigenvalue weighted by atomic mass is 10.1. The maximum Gasteiger partial charge on any atom is 0.0909 e. The molecule has 0 amide bonds. The van der Waals surface area contributed by atoms with Crippen LogP contribution in [0.1, 0.15) is 26.7 Å². The van der Waals surface area contributed by atoms with E-state index in [4.69, 9.17) is 0 Å². The van der Waals surface area contributed by atoms with E-state index in [9.17, 15) is 0 Å². The Balaban J connectivity index is 2.89. The van der Waals surface area contributed by atoms with Gasteiger partial charge >= 0.3 is 0 Å². The highest BCUT2D eigenvalue weighted by atomic mass is 127. The lowest BCUT2D eigenvalue weighted by Gasteiger charge is -2.37. The minimum Gasteiger partial charge on any atom is -0.360 e. The third kappa shape index (κ3) is 2.41. The Morgan fingerprint density at radius 1 is 1.14 bits per heavy atom. The molecule has 0 aliphatic carbocycles. The van der Waals surface area contributed by atoms with E-state index in [0.29, 0.717) is 0 Å². The van der Waals surface area contributed by atoms with Gasteiger partial charge in [0.15, 0.2) is 0 Å². The van der Waals surface area contributed by atoms with Gasteiger partial charge in [-0.1, -0.05) is 54.6 Å². The number of rotatable bonds is 4. The fraction of sp³-hybridized carbons (Fsp3) is 0.500. The average Bonchev–Trinajstić information content (AvgIpc) is 2.28. The first-order valence-corrected chi connectivity index (χ1v) is 6.19. The third-order valence-corrected chi connectivity index (χ3v) is 5.08. The zero-order valence-corrected chi connectivity index (χ0v) is 11.3. The summed E-state index contributed by atoms with van der Waals surface area (Å²) in [7, 11) is 2.18. The molecule has 0 aliphatic rings. The minimum absolute atomic E-state index is 0.249. The zero-order valence-electron chi connectivity index (χ0n) is 9.13. The molecule has 14 heavy (non-hydrogen) atoms. The second-order valence-electron chi connectivity index (χ2n) is 3.52. The van der Waals surface area contributed by atoms with Gasteiger partial charge in [-0.05, 0) is 25.0 Å². The summed E-state index contributed by atoms with van der Waals surface area (Å²) in [5, 5.41) is 0. The number of anilines is 1. The molecule has 0 aliphatic heterocycles. The van der Waals surface area contributed by atoms with Crippen molar-refractivity contribution in [1.29, 1.82) is 0 Å². The highest BCUT2D eigenvalue weighted by molar-refractivity contribution is 14.1. The number of nitrogens with zero attached hydrogens (tertiary/aromatic N) is 1. The molecule has 0 fully saturated rings. The van der Waals surface area contributed by atoms with E-state index in [-0.39, 0.29) is 3.55 Å². The SMILES string of the molecule is CCC(I)(CC)N(C)c1ccccc1. The molecule has 0 radical (unpaired) electrons. The molecule has 1 nitrogen and oxygen atoms in total. The van der Waals surface area contributed by atoms with Crippen LogP contribution in [0, 0.1) is 0 Å². The summed E-state index contributed by atoms with van der Waals surface area (Å²) in [5.74, 6) is 0. The van der Waals surface area contributed by atoms with Crippen LogP contribution in [0.3, 0.4) is 0 Å². The van der Waals surface area contributed by atoms with Gasteiger partial charge in [0.2, 0.25) is 0 Å². The van der Waals surface area contributed by atoms with Crippen molar-refractivity contribution in [2.75, 3.05) is 11.9 Å². The minimum atomic E-state index is 0.249. The summed E-state index contributed by atoms with van der Waals surface area (Å²) < 4.78 is 0.249. The average molecular weight is 303 g/mol. The maximum absolute atomic E-state index is 2.56. The lowest BCUT2D eigenvalue weighted by molar-refractivity contribution is 0.566. The topological polar surface area (TPSA) is 3.24 Å². The van der Waals surface area contributed by atoms with Gasteiger partial charge in [0.1, 0.15) is 0 Å². The van der Waals surface area contributed by atoms with Crippen molar-refractivity contribution in [3.8, 4) is 0 Å². The second kappa shape index (κ2) is 5.01. The van der Waals surface area contributed by atoms with E-state index in [2.05, 4.69) is 78.7 Å². The molecule has 2 heteroatoms. The van der Waals surface area contributed by atoms with Crippen LogP contribution in [0.5, 0.6) is 0 Å². The first kappa shape index (κ1) is 11.8. The van der Waals surface area contributed by atoms with Gasteiger partial charge in [-0.3, -0.25) is 0 Å². The van der Waals surface area contributed by atoms with Gasteiger partial charge in [0, 0.05) is 12.7 Å². The number of alkyl halides is 1. The van der Waals surface area contributed by atoms with Crippen LogP contribution in [0.4, 0.5) is 5.69 Å². The zero-order chi connectivity index (χ0) is 10.6. The van der Waals surface area contributed by atoms with Crippen LogP contribution in [-0.4, -0.2) is 10.6 Å². The fourth-order valence-electron chi connectivity index (χ4n) is 1.61. The Labute approximate surface area is 101 Å². The van der Waals surface area contributed by atoms with Crippen LogP contribution in [-0.2, 0) is 0 Å². The van der Waals surface area contributed by atoms with Gasteiger partial charge in [0.25, 0.3) is 0 Å². The van der Waals surface area contributed by atoms with Crippen molar-refractivity contribution in [3.63, 3.8) is 0 Å². The van der Waals surface area contributed by atoms with E-state index in [1.165, 1.54) is 5.69 Å². The first-order valence-electron chi connectivity index (χ1n) is 5.12. The highest BCUT2D eigenvalue weighted by Gasteiger charge is 2.27. The molecule has 0 unspecified atom stereocenters. The van der Waals surface area contributed by atoms with Crippen LogP contribution in [0.2, 0.25) is 0 Å². The Bertz CT molecular complexity index is 267. The smallest absolute Gasteiger partial charge is 0.0909 e. The molecule has 0 heterocycles. The predicted octanol–water partition coefficient (Wildman–Crippen LogP) is 4.07. The van der Waals surface area contributed by atoms with E-state index in [1.807, 2.05) is 0 Å². The monoisotopic (exact) mass is 303 g/mol. The normalized spacial score (nSPS) is 11.4. The van der Waals surface area contributed by atoms with Crippen molar-refractivity contribution in [2.45, 2.75) is 30.2 Å². The highest BCUT2D eigenvalue weighted by Crippen LogP contribution is 2.33. The van der Waals surface area contributed by atoms with Crippen LogP contribution < -0.4 is 4.90 Å². The number of hydrogen-bond donors (Lipinski definition) is 0. The van der Waals surface area contributed by atoms with Gasteiger partial charge in [0.05, 0.1) is 3.55 Å². The largest absolute Gasteiger partial charge is 0.360 e. The summed E-state index contributed by atoms with van der Waals surface area (Å²) in [6.07, 6.45) is 2.32. The van der Waals surface area contributed by atoms with Crippen LogP contribution in [0.15, 0.2) is 30.3 Å². The summed E-state index contributed by atoms with van der Waals surface area (Å²) in [5.41, 5.74) is 1.30.